The number of aliphatic imine (C=N–C) groups is 1. The molecule has 0 saturated carbocycles. The SMILES string of the molecule is CC[C@H](C)[C@H](NC(=O)[C@H](CCCCN)NC(=O)[C@H](Cc1cnc[nH]1)NC(=O)CN)C(=O)N[C@@H](C)C(=O)N[C@H](C(=O)N[C@@H](Cc1ccccc1)C(=O)N[C@@H](CCC(N)=O)C(=O)N[C@@H](CCC(=O)O)C(=O)N[C@@H](CCCN=C(N)N)C(=O)O)[C@@H](C)O. The molecule has 466 valence electrons. The predicted molar refractivity (Wildman–Crippen MR) is 301 cm³/mol. The van der Waals surface area contributed by atoms with E-state index in [9.17, 15) is 72.9 Å². The first-order valence-electron chi connectivity index (χ1n) is 27.3. The third kappa shape index (κ3) is 26.4. The fourth-order valence-electron chi connectivity index (χ4n) is 8.11. The smallest absolute Gasteiger partial charge is 0.326 e. The van der Waals surface area contributed by atoms with Gasteiger partial charge in [-0.05, 0) is 76.8 Å². The van der Waals surface area contributed by atoms with Crippen LogP contribution < -0.4 is 76.5 Å². The number of benzene rings is 1. The number of primary amides is 1. The number of nitrogens with one attached hydrogen (secondary N) is 10. The number of carboxylic acid groups (broad SMARTS) is 2. The van der Waals surface area contributed by atoms with Crippen molar-refractivity contribution in [1.82, 2.24) is 57.8 Å². The number of carbonyl (C=O) groups excluding carboxylic acids is 10. The van der Waals surface area contributed by atoms with Crippen LogP contribution in [0.1, 0.15) is 103 Å². The quantitative estimate of drug-likeness (QED) is 0.0168. The Morgan fingerprint density at radius 3 is 1.61 bits per heavy atom. The van der Waals surface area contributed by atoms with Gasteiger partial charge in [0, 0.05) is 44.1 Å². The molecule has 23 N–H and O–H groups in total. The number of hydrogen-bond acceptors (Lipinski definition) is 17. The van der Waals surface area contributed by atoms with E-state index in [1.165, 1.54) is 19.4 Å². The Morgan fingerprint density at radius 1 is 0.583 bits per heavy atom. The molecule has 2 aromatic rings. The Balaban J connectivity index is 2.39. The lowest BCUT2D eigenvalue weighted by molar-refractivity contribution is -0.143. The van der Waals surface area contributed by atoms with Crippen LogP contribution in [0, 0.1) is 5.92 Å². The minimum absolute atomic E-state index is 0.00670. The van der Waals surface area contributed by atoms with Gasteiger partial charge in [-0.1, -0.05) is 50.6 Å². The largest absolute Gasteiger partial charge is 0.481 e. The highest BCUT2D eigenvalue weighted by Gasteiger charge is 2.37. The lowest BCUT2D eigenvalue weighted by Crippen LogP contribution is -2.62. The number of aliphatic carboxylic acids is 2. The summed E-state index contributed by atoms with van der Waals surface area (Å²) in [6.45, 7) is 5.65. The third-order valence-electron chi connectivity index (χ3n) is 13.1. The van der Waals surface area contributed by atoms with E-state index >= 15 is 0 Å². The highest BCUT2D eigenvalue weighted by atomic mass is 16.4. The van der Waals surface area contributed by atoms with E-state index in [4.69, 9.17) is 28.7 Å². The number of carboxylic acids is 2. The topological polar surface area (TPSA) is 545 Å². The maximum atomic E-state index is 14.3. The molecule has 0 spiro atoms. The van der Waals surface area contributed by atoms with Crippen molar-refractivity contribution in [2.45, 2.75) is 165 Å². The fraction of sp³-hybridized carbons (Fsp3) is 0.577. The number of aromatic nitrogens is 2. The Hall–Kier alpha value is -8.78. The zero-order valence-corrected chi connectivity index (χ0v) is 47.5. The number of carbonyl (C=O) groups is 12. The molecule has 0 fully saturated rings. The molecule has 2 rings (SSSR count). The van der Waals surface area contributed by atoms with Gasteiger partial charge >= 0.3 is 11.9 Å². The summed E-state index contributed by atoms with van der Waals surface area (Å²) in [6.07, 6.45) is -0.256. The molecule has 0 saturated heterocycles. The molecule has 0 aliphatic rings. The van der Waals surface area contributed by atoms with E-state index in [2.05, 4.69) is 62.8 Å². The van der Waals surface area contributed by atoms with E-state index < -0.39 is 170 Å². The summed E-state index contributed by atoms with van der Waals surface area (Å²) < 4.78 is 0. The van der Waals surface area contributed by atoms with Gasteiger partial charge in [0.2, 0.25) is 59.1 Å². The van der Waals surface area contributed by atoms with Crippen LogP contribution in [0.15, 0.2) is 47.8 Å². The number of amides is 10. The Kier molecular flexibility index (Phi) is 31.7. The molecule has 0 radical (unpaired) electrons. The maximum absolute atomic E-state index is 14.3. The van der Waals surface area contributed by atoms with Crippen LogP contribution in [0.5, 0.6) is 0 Å². The van der Waals surface area contributed by atoms with Crippen molar-refractivity contribution >= 4 is 77.0 Å². The summed E-state index contributed by atoms with van der Waals surface area (Å²) in [6, 6.07) is -5.47. The van der Waals surface area contributed by atoms with Gasteiger partial charge in [-0.2, -0.15) is 0 Å². The van der Waals surface area contributed by atoms with Gasteiger partial charge in [0.05, 0.1) is 19.0 Å². The first-order valence-corrected chi connectivity index (χ1v) is 27.3. The number of unbranched alkanes of at least 4 members (excludes halogenated alkanes) is 1. The van der Waals surface area contributed by atoms with Gasteiger partial charge < -0.3 is 96.8 Å². The number of rotatable bonds is 40. The molecule has 1 aromatic carbocycles. The van der Waals surface area contributed by atoms with E-state index in [1.807, 2.05) is 0 Å². The average molecular weight is 1190 g/mol. The lowest BCUT2D eigenvalue weighted by Gasteiger charge is -2.29. The first kappa shape index (κ1) is 71.3. The van der Waals surface area contributed by atoms with E-state index in [1.54, 1.807) is 44.2 Å². The van der Waals surface area contributed by atoms with Gasteiger partial charge in [-0.15, -0.1) is 0 Å². The summed E-state index contributed by atoms with van der Waals surface area (Å²) in [5, 5.41) is 52.3. The molecule has 1 aromatic heterocycles. The number of H-pyrrole nitrogens is 1. The molecule has 0 unspecified atom stereocenters. The number of aliphatic hydroxyl groups excluding tert-OH is 1. The minimum Gasteiger partial charge on any atom is -0.481 e. The normalized spacial score (nSPS) is 14.9. The molecular formula is C52H83N17O15. The summed E-state index contributed by atoms with van der Waals surface area (Å²) in [4.78, 5) is 170. The molecular weight excluding hydrogens is 1100 g/mol. The van der Waals surface area contributed by atoms with Gasteiger partial charge in [0.15, 0.2) is 5.96 Å². The van der Waals surface area contributed by atoms with Crippen LogP contribution in [0.4, 0.5) is 0 Å². The fourth-order valence-corrected chi connectivity index (χ4v) is 8.11. The second kappa shape index (κ2) is 37.3. The Labute approximate surface area is 484 Å². The van der Waals surface area contributed by atoms with Crippen LogP contribution >= 0.6 is 0 Å². The summed E-state index contributed by atoms with van der Waals surface area (Å²) in [7, 11) is 0. The highest BCUT2D eigenvalue weighted by molar-refractivity contribution is 5.99. The Morgan fingerprint density at radius 2 is 1.10 bits per heavy atom. The van der Waals surface area contributed by atoms with Crippen LogP contribution in [-0.2, 0) is 70.4 Å². The lowest BCUT2D eigenvalue weighted by atomic mass is 9.97. The van der Waals surface area contributed by atoms with Crippen molar-refractivity contribution in [2.75, 3.05) is 19.6 Å². The molecule has 1 heterocycles. The maximum Gasteiger partial charge on any atom is 0.326 e. The molecule has 32 heteroatoms. The van der Waals surface area contributed by atoms with E-state index in [0.29, 0.717) is 30.5 Å². The van der Waals surface area contributed by atoms with E-state index in [0.717, 1.165) is 6.92 Å². The zero-order valence-electron chi connectivity index (χ0n) is 47.5. The summed E-state index contributed by atoms with van der Waals surface area (Å²) in [5.41, 5.74) is 28.2. The van der Waals surface area contributed by atoms with Gasteiger partial charge in [-0.3, -0.25) is 57.7 Å². The molecule has 10 amide bonds. The number of imidazole rings is 1. The van der Waals surface area contributed by atoms with Crippen molar-refractivity contribution < 1.29 is 72.9 Å². The standard InChI is InChI=1S/C52H83N17O15/c1-5-27(2)41(68-46(78)32(14-9-10-20-53)63-48(80)37(62-39(72)24-54)23-31-25-58-26-60-31)49(81)61-28(3)43(75)69-42(29(4)70)50(82)67-36(22-30-12-7-6-8-13-30)47(79)65-33(16-18-38(55)71)44(76)64-34(17-19-40(73)74)45(77)66-35(51(83)84)15-11-21-59-52(56)57/h6-8,12-13,25-29,32-37,41-42,70H,5,9-11,14-24,53-54H2,1-4H3,(H2,55,71)(H,58,60)(H,61,81)(H,62,72)(H,63,80)(H,64,76)(H,65,79)(H,66,77)(H,67,82)(H,68,78)(H,69,75)(H,73,74)(H,83,84)(H4,56,57,59)/t27-,28-,29+,32-,33-,34-,35-,36-,37-,41-,42-/m0/s1. The highest BCUT2D eigenvalue weighted by Crippen LogP contribution is 2.13. The summed E-state index contributed by atoms with van der Waals surface area (Å²) >= 11 is 0. The minimum atomic E-state index is -1.82. The van der Waals surface area contributed by atoms with Gasteiger partial charge in [-0.25, -0.2) is 9.78 Å². The van der Waals surface area contributed by atoms with Crippen LogP contribution in [0.25, 0.3) is 0 Å². The number of hydrogen-bond donors (Lipinski definition) is 18. The third-order valence-corrected chi connectivity index (χ3v) is 13.1. The van der Waals surface area contributed by atoms with Gasteiger partial charge in [0.1, 0.15) is 54.4 Å². The molecule has 0 bridgehead atoms. The monoisotopic (exact) mass is 1190 g/mol. The Bertz CT molecular complexity index is 2550. The number of aromatic amines is 1. The van der Waals surface area contributed by atoms with E-state index in [-0.39, 0.29) is 51.2 Å². The zero-order chi connectivity index (χ0) is 63.1. The molecule has 0 aliphatic heterocycles. The molecule has 32 nitrogen and oxygen atoms in total. The number of guanidine groups is 1. The van der Waals surface area contributed by atoms with Crippen LogP contribution in [-0.4, -0.2) is 182 Å². The molecule has 84 heavy (non-hydrogen) atoms. The molecule has 0 aliphatic carbocycles. The number of nitrogens with zero attached hydrogens (tertiary/aromatic N) is 2. The predicted octanol–water partition coefficient (Wildman–Crippen LogP) is -5.64. The van der Waals surface area contributed by atoms with Crippen molar-refractivity contribution in [2.24, 2.45) is 39.6 Å². The van der Waals surface area contributed by atoms with Crippen molar-refractivity contribution in [3.63, 3.8) is 0 Å². The number of aliphatic hydroxyl groups is 1. The van der Waals surface area contributed by atoms with Crippen molar-refractivity contribution in [3.8, 4) is 0 Å². The second-order valence-corrected chi connectivity index (χ2v) is 19.9. The van der Waals surface area contributed by atoms with Crippen LogP contribution in [0.3, 0.4) is 0 Å². The molecule has 11 atom stereocenters. The van der Waals surface area contributed by atoms with Gasteiger partial charge in [0.25, 0.3) is 0 Å². The average Bonchev–Trinajstić information content (AvgIpc) is 4.05. The van der Waals surface area contributed by atoms with Crippen molar-refractivity contribution in [3.05, 3.63) is 54.1 Å². The van der Waals surface area contributed by atoms with Crippen molar-refractivity contribution in [1.29, 1.82) is 0 Å². The summed E-state index contributed by atoms with van der Waals surface area (Å²) in [5.74, 6) is -13.1. The second-order valence-electron chi connectivity index (χ2n) is 19.9. The first-order chi connectivity index (χ1) is 39.7. The number of nitrogens with two attached hydrogens (primary N) is 5. The van der Waals surface area contributed by atoms with Crippen LogP contribution in [0.2, 0.25) is 0 Å².